The Kier molecular flexibility index (Phi) is 2.88. The third-order valence-corrected chi connectivity index (χ3v) is 2.41. The number of nitrogens with one attached hydrogen (secondary N) is 1. The van der Waals surface area contributed by atoms with Gasteiger partial charge in [-0.05, 0) is 26.2 Å². The highest BCUT2D eigenvalue weighted by atomic mass is 19.1. The first-order valence-corrected chi connectivity index (χ1v) is 4.56. The average Bonchev–Trinajstić information content (AvgIpc) is 1.94. The Morgan fingerprint density at radius 2 is 2.36 bits per heavy atom. The summed E-state index contributed by atoms with van der Waals surface area (Å²) in [6, 6.07) is 0.573. The van der Waals surface area contributed by atoms with Crippen LogP contribution >= 0.6 is 0 Å². The first-order valence-electron chi connectivity index (χ1n) is 4.56. The highest BCUT2D eigenvalue weighted by Gasteiger charge is 2.29. The van der Waals surface area contributed by atoms with Crippen molar-refractivity contribution >= 4 is 0 Å². The molecule has 1 aliphatic heterocycles. The summed E-state index contributed by atoms with van der Waals surface area (Å²) < 4.78 is 13.2. The standard InChI is InChI=1S/C9H18FN/c1-3-4-8-5-6-9(2,10)7-11-8/h8,11H,3-7H2,1-2H3. The van der Waals surface area contributed by atoms with E-state index in [1.807, 2.05) is 0 Å². The average molecular weight is 159 g/mol. The molecule has 0 amide bonds. The van der Waals surface area contributed by atoms with E-state index in [-0.39, 0.29) is 0 Å². The van der Waals surface area contributed by atoms with E-state index in [1.54, 1.807) is 6.92 Å². The van der Waals surface area contributed by atoms with Gasteiger partial charge in [0.15, 0.2) is 0 Å². The molecule has 2 unspecified atom stereocenters. The lowest BCUT2D eigenvalue weighted by atomic mass is 9.92. The maximum Gasteiger partial charge on any atom is 0.120 e. The molecule has 66 valence electrons. The molecule has 0 aromatic carbocycles. The fourth-order valence-corrected chi connectivity index (χ4v) is 1.62. The van der Waals surface area contributed by atoms with Gasteiger partial charge in [-0.3, -0.25) is 0 Å². The Labute approximate surface area is 68.4 Å². The summed E-state index contributed by atoms with van der Waals surface area (Å²) in [6.07, 6.45) is 4.11. The van der Waals surface area contributed by atoms with Crippen LogP contribution in [0.5, 0.6) is 0 Å². The van der Waals surface area contributed by atoms with E-state index in [0.29, 0.717) is 12.6 Å². The summed E-state index contributed by atoms with van der Waals surface area (Å²) in [5.74, 6) is 0. The molecule has 0 radical (unpaired) electrons. The SMILES string of the molecule is CCCC1CCC(C)(F)CN1. The van der Waals surface area contributed by atoms with E-state index in [4.69, 9.17) is 0 Å². The molecular weight excluding hydrogens is 141 g/mol. The van der Waals surface area contributed by atoms with Gasteiger partial charge in [-0.25, -0.2) is 4.39 Å². The van der Waals surface area contributed by atoms with Crippen molar-refractivity contribution in [2.45, 2.75) is 51.2 Å². The molecule has 0 spiro atoms. The van der Waals surface area contributed by atoms with Crippen LogP contribution in [0.4, 0.5) is 4.39 Å². The maximum absolute atomic E-state index is 13.2. The summed E-state index contributed by atoms with van der Waals surface area (Å²) >= 11 is 0. The maximum atomic E-state index is 13.2. The van der Waals surface area contributed by atoms with Crippen molar-refractivity contribution in [1.29, 1.82) is 0 Å². The number of hydrogen-bond donors (Lipinski definition) is 1. The van der Waals surface area contributed by atoms with E-state index < -0.39 is 5.67 Å². The lowest BCUT2D eigenvalue weighted by Gasteiger charge is -2.32. The van der Waals surface area contributed by atoms with E-state index in [1.165, 1.54) is 12.8 Å². The molecule has 0 aromatic heterocycles. The summed E-state index contributed by atoms with van der Waals surface area (Å²) in [5.41, 5.74) is -0.954. The third kappa shape index (κ3) is 2.78. The van der Waals surface area contributed by atoms with Crippen molar-refractivity contribution in [3.63, 3.8) is 0 Å². The molecule has 1 heterocycles. The highest BCUT2D eigenvalue weighted by Crippen LogP contribution is 2.23. The molecule has 1 aliphatic rings. The van der Waals surface area contributed by atoms with Crippen molar-refractivity contribution < 1.29 is 4.39 Å². The van der Waals surface area contributed by atoms with Crippen LogP contribution in [0.3, 0.4) is 0 Å². The molecule has 2 heteroatoms. The number of halogens is 1. The minimum absolute atomic E-state index is 0.539. The molecule has 1 rings (SSSR count). The lowest BCUT2D eigenvalue weighted by Crippen LogP contribution is -2.45. The minimum Gasteiger partial charge on any atom is -0.311 e. The minimum atomic E-state index is -0.954. The molecule has 0 aromatic rings. The van der Waals surface area contributed by atoms with Crippen molar-refractivity contribution in [3.05, 3.63) is 0 Å². The van der Waals surface area contributed by atoms with Crippen molar-refractivity contribution in [2.75, 3.05) is 6.54 Å². The fourth-order valence-electron chi connectivity index (χ4n) is 1.62. The van der Waals surface area contributed by atoms with E-state index in [9.17, 15) is 4.39 Å². The quantitative estimate of drug-likeness (QED) is 0.651. The normalized spacial score (nSPS) is 39.0. The molecule has 1 fully saturated rings. The second-order valence-corrected chi connectivity index (χ2v) is 3.82. The molecule has 0 aliphatic carbocycles. The number of piperidine rings is 1. The molecule has 1 saturated heterocycles. The van der Waals surface area contributed by atoms with Crippen molar-refractivity contribution in [2.24, 2.45) is 0 Å². The van der Waals surface area contributed by atoms with Crippen LogP contribution in [0, 0.1) is 0 Å². The van der Waals surface area contributed by atoms with Gasteiger partial charge in [0.25, 0.3) is 0 Å². The van der Waals surface area contributed by atoms with Crippen LogP contribution in [-0.4, -0.2) is 18.3 Å². The molecule has 1 N–H and O–H groups in total. The number of alkyl halides is 1. The van der Waals surface area contributed by atoms with Gasteiger partial charge in [-0.1, -0.05) is 13.3 Å². The predicted molar refractivity (Wildman–Crippen MR) is 45.4 cm³/mol. The van der Waals surface area contributed by atoms with Crippen LogP contribution in [-0.2, 0) is 0 Å². The van der Waals surface area contributed by atoms with Gasteiger partial charge in [0.05, 0.1) is 0 Å². The summed E-state index contributed by atoms with van der Waals surface area (Å²) in [5, 5.41) is 3.24. The van der Waals surface area contributed by atoms with Crippen LogP contribution in [0.2, 0.25) is 0 Å². The van der Waals surface area contributed by atoms with E-state index in [2.05, 4.69) is 12.2 Å². The molecule has 2 atom stereocenters. The van der Waals surface area contributed by atoms with Crippen molar-refractivity contribution in [3.8, 4) is 0 Å². The lowest BCUT2D eigenvalue weighted by molar-refractivity contribution is 0.122. The Hall–Kier alpha value is -0.110. The largest absolute Gasteiger partial charge is 0.311 e. The summed E-state index contributed by atoms with van der Waals surface area (Å²) in [4.78, 5) is 0. The Bertz CT molecular complexity index is 113. The van der Waals surface area contributed by atoms with Crippen molar-refractivity contribution in [1.82, 2.24) is 5.32 Å². The zero-order valence-corrected chi connectivity index (χ0v) is 7.49. The van der Waals surface area contributed by atoms with Crippen LogP contribution in [0.25, 0.3) is 0 Å². The second kappa shape index (κ2) is 3.53. The smallest absolute Gasteiger partial charge is 0.120 e. The van der Waals surface area contributed by atoms with Gasteiger partial charge < -0.3 is 5.32 Å². The summed E-state index contributed by atoms with van der Waals surface area (Å²) in [7, 11) is 0. The highest BCUT2D eigenvalue weighted by molar-refractivity contribution is 4.85. The number of rotatable bonds is 2. The first-order chi connectivity index (χ1) is 5.14. The van der Waals surface area contributed by atoms with E-state index in [0.717, 1.165) is 12.8 Å². The zero-order chi connectivity index (χ0) is 8.32. The molecule has 0 saturated carbocycles. The zero-order valence-electron chi connectivity index (χ0n) is 7.49. The second-order valence-electron chi connectivity index (χ2n) is 3.82. The molecule has 11 heavy (non-hydrogen) atoms. The Morgan fingerprint density at radius 3 is 2.82 bits per heavy atom. The third-order valence-electron chi connectivity index (χ3n) is 2.41. The van der Waals surface area contributed by atoms with Gasteiger partial charge in [0.2, 0.25) is 0 Å². The van der Waals surface area contributed by atoms with Gasteiger partial charge in [-0.2, -0.15) is 0 Å². The topological polar surface area (TPSA) is 12.0 Å². The fraction of sp³-hybridized carbons (Fsp3) is 1.00. The predicted octanol–water partition coefficient (Wildman–Crippen LogP) is 2.27. The van der Waals surface area contributed by atoms with Gasteiger partial charge >= 0.3 is 0 Å². The van der Waals surface area contributed by atoms with Crippen LogP contribution in [0.15, 0.2) is 0 Å². The number of hydrogen-bond acceptors (Lipinski definition) is 1. The summed E-state index contributed by atoms with van der Waals surface area (Å²) in [6.45, 7) is 4.39. The molecular formula is C9H18FN. The van der Waals surface area contributed by atoms with E-state index >= 15 is 0 Å². The van der Waals surface area contributed by atoms with Crippen LogP contribution < -0.4 is 5.32 Å². The van der Waals surface area contributed by atoms with Gasteiger partial charge in [-0.15, -0.1) is 0 Å². The molecule has 1 nitrogen and oxygen atoms in total. The monoisotopic (exact) mass is 159 g/mol. The van der Waals surface area contributed by atoms with Gasteiger partial charge in [0.1, 0.15) is 5.67 Å². The Morgan fingerprint density at radius 1 is 1.64 bits per heavy atom. The Balaban J connectivity index is 2.25. The van der Waals surface area contributed by atoms with Crippen LogP contribution in [0.1, 0.15) is 39.5 Å². The van der Waals surface area contributed by atoms with Gasteiger partial charge in [0, 0.05) is 12.6 Å². The molecule has 0 bridgehead atoms. The first kappa shape index (κ1) is 8.98.